The van der Waals surface area contributed by atoms with Gasteiger partial charge in [-0.2, -0.15) is 10.4 Å². The van der Waals surface area contributed by atoms with Gasteiger partial charge in [-0.1, -0.05) is 48.5 Å². The largest absolute Gasteiger partial charge is 0.507 e. The molecule has 0 spiro atoms. The quantitative estimate of drug-likeness (QED) is 0.0975. The zero-order valence-electron chi connectivity index (χ0n) is 22.6. The second-order valence-corrected chi connectivity index (χ2v) is 10.6. The zero-order valence-corrected chi connectivity index (χ0v) is 23.4. The number of para-hydroxylation sites is 1. The van der Waals surface area contributed by atoms with Crippen LogP contribution in [-0.4, -0.2) is 32.5 Å². The Hall–Kier alpha value is -5.67. The number of rotatable bonds is 10. The van der Waals surface area contributed by atoms with Crippen molar-refractivity contribution < 1.29 is 19.6 Å². The average Bonchev–Trinajstić information content (AvgIpc) is 3.43. The van der Waals surface area contributed by atoms with Gasteiger partial charge in [-0.05, 0) is 47.9 Å². The van der Waals surface area contributed by atoms with Gasteiger partial charge in [0.15, 0.2) is 0 Å². The fourth-order valence-corrected chi connectivity index (χ4v) is 5.62. The summed E-state index contributed by atoms with van der Waals surface area (Å²) >= 11 is 1.34. The summed E-state index contributed by atoms with van der Waals surface area (Å²) in [6.45, 7) is 0. The standard InChI is InChI=1S/C31H24N6O5S/c32-18-23(31-34-25-11-3-4-13-27(25)43-31)24(12-6-14-28(39)33-20-8-5-9-21(17-20)37(41)42)35-36-30(40)29-22-10-2-1-7-19(22)15-16-26(29)38/h1-5,7-11,13,15-17,23,38H,6,12,14H2,(H,33,39)(H,36,40)/b35-24-. The third-order valence-corrected chi connectivity index (χ3v) is 7.73. The molecule has 0 aliphatic heterocycles. The van der Waals surface area contributed by atoms with Gasteiger partial charge in [0, 0.05) is 24.2 Å². The van der Waals surface area contributed by atoms with E-state index >= 15 is 0 Å². The van der Waals surface area contributed by atoms with E-state index in [0.717, 1.165) is 15.6 Å². The van der Waals surface area contributed by atoms with Crippen molar-refractivity contribution in [1.29, 1.82) is 5.26 Å². The van der Waals surface area contributed by atoms with E-state index < -0.39 is 16.7 Å². The molecule has 2 amide bonds. The summed E-state index contributed by atoms with van der Waals surface area (Å²) < 4.78 is 0.887. The van der Waals surface area contributed by atoms with E-state index in [9.17, 15) is 30.1 Å². The maximum atomic E-state index is 13.2. The normalized spacial score (nSPS) is 12.0. The first-order chi connectivity index (χ1) is 20.8. The van der Waals surface area contributed by atoms with Gasteiger partial charge < -0.3 is 10.4 Å². The van der Waals surface area contributed by atoms with Crippen molar-refractivity contribution in [2.24, 2.45) is 5.10 Å². The minimum atomic E-state index is -0.904. The number of nitriles is 1. The number of anilines is 1. The number of fused-ring (bicyclic) bond motifs is 2. The average molecular weight is 593 g/mol. The molecule has 5 rings (SSSR count). The molecule has 0 saturated carbocycles. The number of hydrogen-bond donors (Lipinski definition) is 3. The van der Waals surface area contributed by atoms with Gasteiger partial charge in [-0.3, -0.25) is 19.7 Å². The number of nitrogens with one attached hydrogen (secondary N) is 2. The first-order valence-electron chi connectivity index (χ1n) is 13.2. The van der Waals surface area contributed by atoms with Crippen LogP contribution in [0, 0.1) is 21.4 Å². The summed E-state index contributed by atoms with van der Waals surface area (Å²) in [5.74, 6) is -2.15. The minimum Gasteiger partial charge on any atom is -0.507 e. The number of nitro groups is 1. The van der Waals surface area contributed by atoms with Crippen LogP contribution in [0.25, 0.3) is 21.0 Å². The molecule has 11 nitrogen and oxygen atoms in total. The molecule has 0 fully saturated rings. The number of nitro benzene ring substituents is 1. The summed E-state index contributed by atoms with van der Waals surface area (Å²) in [6, 6.07) is 25.5. The van der Waals surface area contributed by atoms with Crippen LogP contribution in [-0.2, 0) is 4.79 Å². The first kappa shape index (κ1) is 28.8. The molecule has 0 aliphatic rings. The summed E-state index contributed by atoms with van der Waals surface area (Å²) in [5.41, 5.74) is 3.70. The Morgan fingerprint density at radius 1 is 1.05 bits per heavy atom. The number of nitrogens with zero attached hydrogens (tertiary/aromatic N) is 4. The summed E-state index contributed by atoms with van der Waals surface area (Å²) in [7, 11) is 0. The summed E-state index contributed by atoms with van der Waals surface area (Å²) in [5, 5.41) is 40.4. The monoisotopic (exact) mass is 592 g/mol. The van der Waals surface area contributed by atoms with Gasteiger partial charge in [0.25, 0.3) is 11.6 Å². The first-order valence-corrected chi connectivity index (χ1v) is 14.0. The van der Waals surface area contributed by atoms with Gasteiger partial charge in [0.2, 0.25) is 5.91 Å². The number of carbonyl (C=O) groups excluding carboxylic acids is 2. The van der Waals surface area contributed by atoms with Crippen LogP contribution < -0.4 is 10.7 Å². The molecular weight excluding hydrogens is 568 g/mol. The van der Waals surface area contributed by atoms with E-state index in [1.54, 1.807) is 24.3 Å². The predicted molar refractivity (Wildman–Crippen MR) is 164 cm³/mol. The highest BCUT2D eigenvalue weighted by Crippen LogP contribution is 2.30. The smallest absolute Gasteiger partial charge is 0.275 e. The van der Waals surface area contributed by atoms with Gasteiger partial charge in [-0.15, -0.1) is 11.3 Å². The molecule has 3 N–H and O–H groups in total. The summed E-state index contributed by atoms with van der Waals surface area (Å²) in [6.07, 6.45) is 0.453. The van der Waals surface area contributed by atoms with Gasteiger partial charge in [-0.25, -0.2) is 10.4 Å². The van der Waals surface area contributed by atoms with Crippen LogP contribution >= 0.6 is 11.3 Å². The molecule has 4 aromatic carbocycles. The number of amides is 2. The highest BCUT2D eigenvalue weighted by molar-refractivity contribution is 7.18. The Bertz CT molecular complexity index is 1900. The number of phenolic OH excluding ortho intramolecular Hbond substituents is 1. The Balaban J connectivity index is 1.37. The van der Waals surface area contributed by atoms with Crippen LogP contribution in [0.15, 0.2) is 90.0 Å². The highest BCUT2D eigenvalue weighted by atomic mass is 32.1. The molecule has 0 saturated heterocycles. The van der Waals surface area contributed by atoms with Crippen molar-refractivity contribution >= 4 is 61.2 Å². The Morgan fingerprint density at radius 3 is 2.63 bits per heavy atom. The van der Waals surface area contributed by atoms with Crippen molar-refractivity contribution in [2.45, 2.75) is 25.2 Å². The second kappa shape index (κ2) is 12.9. The molecule has 0 radical (unpaired) electrons. The van der Waals surface area contributed by atoms with Crippen LogP contribution in [0.1, 0.15) is 40.5 Å². The van der Waals surface area contributed by atoms with E-state index in [4.69, 9.17) is 0 Å². The van der Waals surface area contributed by atoms with E-state index in [0.29, 0.717) is 16.1 Å². The maximum Gasteiger partial charge on any atom is 0.275 e. The predicted octanol–water partition coefficient (Wildman–Crippen LogP) is 6.27. The van der Waals surface area contributed by atoms with Crippen LogP contribution in [0.5, 0.6) is 5.75 Å². The lowest BCUT2D eigenvalue weighted by Crippen LogP contribution is -2.23. The SMILES string of the molecule is N#CC(/C(CCCC(=O)Nc1cccc([N+](=O)[O-])c1)=N\NC(=O)c1c(O)ccc2ccccc12)c1nc2ccccc2s1. The number of phenols is 1. The molecular formula is C31H24N6O5S. The van der Waals surface area contributed by atoms with E-state index in [1.807, 2.05) is 36.4 Å². The number of carbonyl (C=O) groups is 2. The highest BCUT2D eigenvalue weighted by Gasteiger charge is 2.24. The number of aromatic hydroxyl groups is 1. The lowest BCUT2D eigenvalue weighted by atomic mass is 10.00. The fraction of sp³-hybridized carbons (Fsp3) is 0.129. The fourth-order valence-electron chi connectivity index (χ4n) is 4.58. The van der Waals surface area contributed by atoms with Crippen LogP contribution in [0.4, 0.5) is 11.4 Å². The number of benzene rings is 4. The number of aromatic nitrogens is 1. The minimum absolute atomic E-state index is 0.0256. The Labute approximate surface area is 249 Å². The van der Waals surface area contributed by atoms with E-state index in [1.165, 1.54) is 35.6 Å². The zero-order chi connectivity index (χ0) is 30.3. The van der Waals surface area contributed by atoms with Crippen molar-refractivity contribution in [3.05, 3.63) is 106 Å². The van der Waals surface area contributed by atoms with Crippen molar-refractivity contribution in [3.8, 4) is 11.8 Å². The van der Waals surface area contributed by atoms with Gasteiger partial charge in [0.1, 0.15) is 16.7 Å². The molecule has 1 aromatic heterocycles. The third kappa shape index (κ3) is 6.64. The molecule has 12 heteroatoms. The van der Waals surface area contributed by atoms with E-state index in [-0.39, 0.29) is 47.9 Å². The Kier molecular flexibility index (Phi) is 8.64. The molecule has 0 bridgehead atoms. The van der Waals surface area contributed by atoms with Crippen molar-refractivity contribution in [3.63, 3.8) is 0 Å². The topological polar surface area (TPSA) is 171 Å². The third-order valence-electron chi connectivity index (χ3n) is 6.63. The van der Waals surface area contributed by atoms with Crippen molar-refractivity contribution in [2.75, 3.05) is 5.32 Å². The van der Waals surface area contributed by atoms with E-state index in [2.05, 4.69) is 26.9 Å². The summed E-state index contributed by atoms with van der Waals surface area (Å²) in [4.78, 5) is 41.0. The molecule has 1 unspecified atom stereocenters. The Morgan fingerprint density at radius 2 is 1.84 bits per heavy atom. The molecule has 0 aliphatic carbocycles. The van der Waals surface area contributed by atoms with Crippen molar-refractivity contribution in [1.82, 2.24) is 10.4 Å². The molecule has 1 atom stereocenters. The second-order valence-electron chi connectivity index (χ2n) is 9.52. The number of hydrazone groups is 1. The molecule has 1 heterocycles. The van der Waals surface area contributed by atoms with Gasteiger partial charge in [0.05, 0.1) is 32.5 Å². The lowest BCUT2D eigenvalue weighted by molar-refractivity contribution is -0.384. The molecule has 43 heavy (non-hydrogen) atoms. The maximum absolute atomic E-state index is 13.2. The number of hydrogen-bond acceptors (Lipinski definition) is 9. The van der Waals surface area contributed by atoms with Crippen LogP contribution in [0.2, 0.25) is 0 Å². The number of non-ortho nitro benzene ring substituents is 1. The number of thiazole rings is 1. The van der Waals surface area contributed by atoms with Gasteiger partial charge >= 0.3 is 0 Å². The lowest BCUT2D eigenvalue weighted by Gasteiger charge is -2.12. The van der Waals surface area contributed by atoms with Crippen LogP contribution in [0.3, 0.4) is 0 Å². The molecule has 5 aromatic rings. The molecule has 214 valence electrons.